The first kappa shape index (κ1) is 10.2. The van der Waals surface area contributed by atoms with Crippen LogP contribution in [0.4, 0.5) is 0 Å². The number of carbonyl (C=O) groups is 1. The number of rotatable bonds is 3. The largest absolute Gasteiger partial charge is 0.465 e. The van der Waals surface area contributed by atoms with Crippen molar-refractivity contribution in [2.75, 3.05) is 21.3 Å². The van der Waals surface area contributed by atoms with Crippen LogP contribution in [0.25, 0.3) is 0 Å². The molecule has 0 radical (unpaired) electrons. The second kappa shape index (κ2) is 3.87. The topological polar surface area (TPSA) is 54.0 Å². The summed E-state index contributed by atoms with van der Waals surface area (Å²) in [6.07, 6.45) is 2.48. The molecule has 0 aromatic carbocycles. The molecule has 0 unspecified atom stereocenters. The molecule has 13 heavy (non-hydrogen) atoms. The van der Waals surface area contributed by atoms with Crippen LogP contribution in [0.1, 0.15) is 0 Å². The summed E-state index contributed by atoms with van der Waals surface area (Å²) >= 11 is 0. The molecule has 0 saturated carbocycles. The third-order valence-electron chi connectivity index (χ3n) is 1.77. The van der Waals surface area contributed by atoms with E-state index in [0.717, 1.165) is 0 Å². The molecule has 0 amide bonds. The Hall–Kier alpha value is -0.910. The second-order valence-electron chi connectivity index (χ2n) is 2.44. The average molecular weight is 188 g/mol. The summed E-state index contributed by atoms with van der Waals surface area (Å²) in [6, 6.07) is 0. The van der Waals surface area contributed by atoms with Crippen LogP contribution >= 0.6 is 0 Å². The molecule has 1 heterocycles. The standard InChI is InChI=1S/C8H12O5/c1-10-6-4-5-8(12-3,13-6)7(9)11-2/h4-6H,1-3H3/t6-,8-/m1/s1. The quantitative estimate of drug-likeness (QED) is 0.463. The maximum atomic E-state index is 11.2. The van der Waals surface area contributed by atoms with E-state index < -0.39 is 18.0 Å². The summed E-state index contributed by atoms with van der Waals surface area (Å²) in [5.74, 6) is -2.05. The molecule has 5 heteroatoms. The lowest BCUT2D eigenvalue weighted by Crippen LogP contribution is -2.41. The van der Waals surface area contributed by atoms with Gasteiger partial charge in [0.1, 0.15) is 0 Å². The lowest BCUT2D eigenvalue weighted by atomic mass is 10.3. The van der Waals surface area contributed by atoms with E-state index in [0.29, 0.717) is 0 Å². The van der Waals surface area contributed by atoms with E-state index in [9.17, 15) is 4.79 Å². The van der Waals surface area contributed by atoms with E-state index in [4.69, 9.17) is 14.2 Å². The van der Waals surface area contributed by atoms with Crippen LogP contribution in [-0.4, -0.2) is 39.4 Å². The predicted molar refractivity (Wildman–Crippen MR) is 42.8 cm³/mol. The molecular weight excluding hydrogens is 176 g/mol. The summed E-state index contributed by atoms with van der Waals surface area (Å²) in [7, 11) is 4.09. The third-order valence-corrected chi connectivity index (χ3v) is 1.77. The highest BCUT2D eigenvalue weighted by molar-refractivity contribution is 5.80. The van der Waals surface area contributed by atoms with Gasteiger partial charge in [-0.25, -0.2) is 4.79 Å². The van der Waals surface area contributed by atoms with Crippen molar-refractivity contribution < 1.29 is 23.7 Å². The maximum Gasteiger partial charge on any atom is 0.371 e. The van der Waals surface area contributed by atoms with Crippen LogP contribution in [0.5, 0.6) is 0 Å². The van der Waals surface area contributed by atoms with E-state index in [2.05, 4.69) is 4.74 Å². The lowest BCUT2D eigenvalue weighted by molar-refractivity contribution is -0.248. The number of esters is 1. The van der Waals surface area contributed by atoms with Crippen molar-refractivity contribution in [1.82, 2.24) is 0 Å². The Balaban J connectivity index is 2.75. The smallest absolute Gasteiger partial charge is 0.371 e. The van der Waals surface area contributed by atoms with Gasteiger partial charge in [-0.2, -0.15) is 0 Å². The Morgan fingerprint density at radius 2 is 2.15 bits per heavy atom. The van der Waals surface area contributed by atoms with E-state index in [1.807, 2.05) is 0 Å². The minimum Gasteiger partial charge on any atom is -0.465 e. The Labute approximate surface area is 76.2 Å². The van der Waals surface area contributed by atoms with Gasteiger partial charge in [0.25, 0.3) is 5.79 Å². The molecule has 74 valence electrons. The Morgan fingerprint density at radius 1 is 1.46 bits per heavy atom. The minimum absolute atomic E-state index is 0.570. The number of carbonyl (C=O) groups excluding carboxylic acids is 1. The zero-order valence-corrected chi connectivity index (χ0v) is 7.77. The van der Waals surface area contributed by atoms with Crippen molar-refractivity contribution in [3.63, 3.8) is 0 Å². The molecule has 0 N–H and O–H groups in total. The van der Waals surface area contributed by atoms with Crippen molar-refractivity contribution in [3.05, 3.63) is 12.2 Å². The zero-order valence-electron chi connectivity index (χ0n) is 7.77. The predicted octanol–water partition coefficient (Wildman–Crippen LogP) is 0.0610. The van der Waals surface area contributed by atoms with Crippen LogP contribution in [-0.2, 0) is 23.7 Å². The number of methoxy groups -OCH3 is 3. The number of hydrogen-bond donors (Lipinski definition) is 0. The van der Waals surface area contributed by atoms with Gasteiger partial charge in [0.05, 0.1) is 7.11 Å². The molecule has 0 aromatic rings. The van der Waals surface area contributed by atoms with Crippen LogP contribution < -0.4 is 0 Å². The van der Waals surface area contributed by atoms with E-state index in [1.165, 1.54) is 27.4 Å². The molecule has 0 bridgehead atoms. The van der Waals surface area contributed by atoms with Gasteiger partial charge in [0.15, 0.2) is 6.29 Å². The third kappa shape index (κ3) is 1.72. The van der Waals surface area contributed by atoms with Gasteiger partial charge in [-0.05, 0) is 12.2 Å². The monoisotopic (exact) mass is 188 g/mol. The Bertz CT molecular complexity index is 225. The number of hydrogen-bond acceptors (Lipinski definition) is 5. The van der Waals surface area contributed by atoms with E-state index in [1.54, 1.807) is 6.08 Å². The Kier molecular flexibility index (Phi) is 3.02. The van der Waals surface area contributed by atoms with Gasteiger partial charge < -0.3 is 18.9 Å². The average Bonchev–Trinajstić information content (AvgIpc) is 2.61. The van der Waals surface area contributed by atoms with E-state index >= 15 is 0 Å². The molecule has 1 rings (SSSR count). The van der Waals surface area contributed by atoms with Crippen molar-refractivity contribution in [2.45, 2.75) is 12.1 Å². The molecule has 1 aliphatic rings. The number of ether oxygens (including phenoxy) is 4. The second-order valence-corrected chi connectivity index (χ2v) is 2.44. The van der Waals surface area contributed by atoms with Gasteiger partial charge in [0, 0.05) is 14.2 Å². The Morgan fingerprint density at radius 3 is 2.54 bits per heavy atom. The van der Waals surface area contributed by atoms with Crippen molar-refractivity contribution in [1.29, 1.82) is 0 Å². The first-order valence-corrected chi connectivity index (χ1v) is 3.72. The van der Waals surface area contributed by atoms with Crippen LogP contribution in [0.15, 0.2) is 12.2 Å². The van der Waals surface area contributed by atoms with Crippen LogP contribution in [0.2, 0.25) is 0 Å². The van der Waals surface area contributed by atoms with Crippen LogP contribution in [0.3, 0.4) is 0 Å². The molecule has 0 spiro atoms. The minimum atomic E-state index is -1.45. The van der Waals surface area contributed by atoms with Crippen molar-refractivity contribution >= 4 is 5.97 Å². The first-order chi connectivity index (χ1) is 6.18. The first-order valence-electron chi connectivity index (χ1n) is 3.72. The lowest BCUT2D eigenvalue weighted by Gasteiger charge is -2.23. The fraction of sp³-hybridized carbons (Fsp3) is 0.625. The highest BCUT2D eigenvalue weighted by Gasteiger charge is 2.44. The molecule has 0 fully saturated rings. The molecule has 0 aromatic heterocycles. The normalized spacial score (nSPS) is 32.1. The maximum absolute atomic E-state index is 11.2. The highest BCUT2D eigenvalue weighted by atomic mass is 16.8. The van der Waals surface area contributed by atoms with E-state index in [-0.39, 0.29) is 0 Å². The zero-order chi connectivity index (χ0) is 9.90. The highest BCUT2D eigenvalue weighted by Crippen LogP contribution is 2.25. The summed E-state index contributed by atoms with van der Waals surface area (Å²) in [5, 5.41) is 0. The molecule has 2 atom stereocenters. The van der Waals surface area contributed by atoms with Crippen molar-refractivity contribution in [3.8, 4) is 0 Å². The molecule has 0 aliphatic carbocycles. The molecule has 1 aliphatic heterocycles. The molecule has 5 nitrogen and oxygen atoms in total. The SMILES string of the molecule is COC(=O)[C@@]1(OC)C=C[C@H](OC)O1. The summed E-state index contributed by atoms with van der Waals surface area (Å²) in [6.45, 7) is 0. The van der Waals surface area contributed by atoms with Crippen LogP contribution in [0, 0.1) is 0 Å². The fourth-order valence-corrected chi connectivity index (χ4v) is 1.04. The molecular formula is C8H12O5. The molecule has 0 saturated heterocycles. The van der Waals surface area contributed by atoms with Gasteiger partial charge in [0.2, 0.25) is 0 Å². The van der Waals surface area contributed by atoms with Gasteiger partial charge >= 0.3 is 5.97 Å². The van der Waals surface area contributed by atoms with Crippen molar-refractivity contribution in [2.24, 2.45) is 0 Å². The summed E-state index contributed by atoms with van der Waals surface area (Å²) < 4.78 is 19.5. The van der Waals surface area contributed by atoms with Gasteiger partial charge in [-0.1, -0.05) is 0 Å². The van der Waals surface area contributed by atoms with Gasteiger partial charge in [-0.3, -0.25) is 0 Å². The van der Waals surface area contributed by atoms with Gasteiger partial charge in [-0.15, -0.1) is 0 Å². The summed E-state index contributed by atoms with van der Waals surface area (Å²) in [4.78, 5) is 11.2. The summed E-state index contributed by atoms with van der Waals surface area (Å²) in [5.41, 5.74) is 0. The fourth-order valence-electron chi connectivity index (χ4n) is 1.04.